The minimum absolute atomic E-state index is 0.119. The lowest BCUT2D eigenvalue weighted by atomic mass is 10.0. The summed E-state index contributed by atoms with van der Waals surface area (Å²) in [5.74, 6) is -0.290. The van der Waals surface area contributed by atoms with Crippen molar-refractivity contribution in [1.82, 2.24) is 20.1 Å². The number of nitrogens with one attached hydrogen (secondary N) is 1. The van der Waals surface area contributed by atoms with E-state index in [1.165, 1.54) is 11.8 Å². The van der Waals surface area contributed by atoms with Gasteiger partial charge in [0, 0.05) is 25.5 Å². The summed E-state index contributed by atoms with van der Waals surface area (Å²) in [6.45, 7) is 2.89. The van der Waals surface area contributed by atoms with Crippen LogP contribution in [0.5, 0.6) is 0 Å². The normalized spacial score (nSPS) is 12.6. The van der Waals surface area contributed by atoms with Crippen LogP contribution in [0.4, 0.5) is 4.39 Å². The number of rotatable bonds is 6. The van der Waals surface area contributed by atoms with Gasteiger partial charge in [0.15, 0.2) is 0 Å². The third-order valence-electron chi connectivity index (χ3n) is 3.06. The third-order valence-corrected chi connectivity index (χ3v) is 3.06. The summed E-state index contributed by atoms with van der Waals surface area (Å²) in [6.07, 6.45) is 8.62. The maximum absolute atomic E-state index is 13.2. The zero-order chi connectivity index (χ0) is 13.7. The molecule has 0 amide bonds. The Bertz CT molecular complexity index is 524. The lowest BCUT2D eigenvalue weighted by molar-refractivity contribution is 0.508. The zero-order valence-corrected chi connectivity index (χ0v) is 11.3. The topological polar surface area (TPSA) is 42.7 Å². The largest absolute Gasteiger partial charge is 0.310 e. The van der Waals surface area contributed by atoms with Crippen molar-refractivity contribution in [2.45, 2.75) is 25.8 Å². The van der Waals surface area contributed by atoms with Gasteiger partial charge in [-0.1, -0.05) is 6.92 Å². The molecule has 0 saturated heterocycles. The number of nitrogens with zero attached hydrogens (tertiary/aromatic N) is 3. The maximum atomic E-state index is 13.2. The molecule has 1 N–H and O–H groups in total. The molecule has 0 bridgehead atoms. The lowest BCUT2D eigenvalue weighted by Crippen LogP contribution is -2.21. The van der Waals surface area contributed by atoms with Gasteiger partial charge in [-0.2, -0.15) is 5.10 Å². The molecule has 0 aliphatic rings. The van der Waals surface area contributed by atoms with Crippen molar-refractivity contribution >= 4 is 0 Å². The summed E-state index contributed by atoms with van der Waals surface area (Å²) in [5, 5.41) is 7.52. The Balaban J connectivity index is 2.03. The highest BCUT2D eigenvalue weighted by molar-refractivity contribution is 5.16. The summed E-state index contributed by atoms with van der Waals surface area (Å²) in [4.78, 5) is 3.92. The van der Waals surface area contributed by atoms with Crippen LogP contribution in [0.25, 0.3) is 0 Å². The number of halogens is 1. The highest BCUT2D eigenvalue weighted by Gasteiger charge is 2.12. The van der Waals surface area contributed by atoms with Crippen LogP contribution in [0, 0.1) is 5.82 Å². The fraction of sp³-hybridized carbons (Fsp3) is 0.429. The van der Waals surface area contributed by atoms with Gasteiger partial charge >= 0.3 is 0 Å². The Morgan fingerprint density at radius 3 is 2.84 bits per heavy atom. The Morgan fingerprint density at radius 2 is 2.21 bits per heavy atom. The molecule has 2 aromatic rings. The standard InChI is InChI=1S/C14H19FN4/c1-3-17-14(12-6-13(15)9-16-8-12)5-4-11-7-18-19(2)10-11/h6-10,14,17H,3-5H2,1-2H3. The van der Waals surface area contributed by atoms with E-state index in [0.29, 0.717) is 0 Å². The van der Waals surface area contributed by atoms with Crippen LogP contribution in [0.3, 0.4) is 0 Å². The first kappa shape index (κ1) is 13.7. The number of hydrogen-bond donors (Lipinski definition) is 1. The second-order valence-corrected chi connectivity index (χ2v) is 4.61. The fourth-order valence-electron chi connectivity index (χ4n) is 2.16. The van der Waals surface area contributed by atoms with Crippen molar-refractivity contribution in [2.75, 3.05) is 6.54 Å². The van der Waals surface area contributed by atoms with Gasteiger partial charge in [0.2, 0.25) is 0 Å². The molecule has 0 aliphatic heterocycles. The SMILES string of the molecule is CCNC(CCc1cnn(C)c1)c1cncc(F)c1. The number of pyridine rings is 1. The molecule has 19 heavy (non-hydrogen) atoms. The molecule has 0 radical (unpaired) electrons. The molecule has 2 heterocycles. The van der Waals surface area contributed by atoms with Gasteiger partial charge in [-0.05, 0) is 36.6 Å². The van der Waals surface area contributed by atoms with E-state index in [9.17, 15) is 4.39 Å². The first-order valence-electron chi connectivity index (χ1n) is 6.50. The molecule has 102 valence electrons. The van der Waals surface area contributed by atoms with E-state index in [1.807, 2.05) is 26.4 Å². The third kappa shape index (κ3) is 3.86. The molecule has 1 atom stereocenters. The monoisotopic (exact) mass is 262 g/mol. The van der Waals surface area contributed by atoms with Crippen LogP contribution in [-0.2, 0) is 13.5 Å². The number of aromatic nitrogens is 3. The van der Waals surface area contributed by atoms with E-state index in [4.69, 9.17) is 0 Å². The maximum Gasteiger partial charge on any atom is 0.141 e. The Kier molecular flexibility index (Phi) is 4.63. The molecule has 0 spiro atoms. The smallest absolute Gasteiger partial charge is 0.141 e. The van der Waals surface area contributed by atoms with E-state index in [-0.39, 0.29) is 11.9 Å². The minimum Gasteiger partial charge on any atom is -0.310 e. The average molecular weight is 262 g/mol. The van der Waals surface area contributed by atoms with Crippen molar-refractivity contribution in [1.29, 1.82) is 0 Å². The molecule has 1 unspecified atom stereocenters. The molecule has 0 aliphatic carbocycles. The second-order valence-electron chi connectivity index (χ2n) is 4.61. The van der Waals surface area contributed by atoms with Crippen LogP contribution in [-0.4, -0.2) is 21.3 Å². The number of aryl methyl sites for hydroxylation is 2. The first-order valence-corrected chi connectivity index (χ1v) is 6.50. The van der Waals surface area contributed by atoms with Crippen LogP contribution in [0.2, 0.25) is 0 Å². The molecule has 0 aromatic carbocycles. The van der Waals surface area contributed by atoms with Gasteiger partial charge in [-0.25, -0.2) is 4.39 Å². The molecule has 2 aromatic heterocycles. The summed E-state index contributed by atoms with van der Waals surface area (Å²) in [5.41, 5.74) is 2.08. The van der Waals surface area contributed by atoms with Crippen LogP contribution in [0.1, 0.15) is 30.5 Å². The summed E-state index contributed by atoms with van der Waals surface area (Å²) >= 11 is 0. The van der Waals surface area contributed by atoms with Gasteiger partial charge in [0.05, 0.1) is 12.4 Å². The summed E-state index contributed by atoms with van der Waals surface area (Å²) in [6, 6.07) is 1.66. The van der Waals surface area contributed by atoms with Crippen molar-refractivity contribution in [3.8, 4) is 0 Å². The van der Waals surface area contributed by atoms with E-state index in [1.54, 1.807) is 16.9 Å². The lowest BCUT2D eigenvalue weighted by Gasteiger charge is -2.17. The zero-order valence-electron chi connectivity index (χ0n) is 11.3. The quantitative estimate of drug-likeness (QED) is 0.868. The van der Waals surface area contributed by atoms with Gasteiger partial charge in [0.25, 0.3) is 0 Å². The molecular formula is C14H19FN4. The van der Waals surface area contributed by atoms with Crippen LogP contribution in [0.15, 0.2) is 30.9 Å². The molecule has 0 saturated carbocycles. The van der Waals surface area contributed by atoms with E-state index in [0.717, 1.165) is 24.9 Å². The van der Waals surface area contributed by atoms with Crippen molar-refractivity contribution in [2.24, 2.45) is 7.05 Å². The Hall–Kier alpha value is -1.75. The van der Waals surface area contributed by atoms with Gasteiger partial charge < -0.3 is 5.32 Å². The van der Waals surface area contributed by atoms with Crippen LogP contribution < -0.4 is 5.32 Å². The Morgan fingerprint density at radius 1 is 1.37 bits per heavy atom. The molecule has 5 heteroatoms. The molecule has 4 nitrogen and oxygen atoms in total. The van der Waals surface area contributed by atoms with Gasteiger partial charge in [0.1, 0.15) is 5.82 Å². The van der Waals surface area contributed by atoms with E-state index in [2.05, 4.69) is 15.4 Å². The fourth-order valence-corrected chi connectivity index (χ4v) is 2.16. The molecular weight excluding hydrogens is 243 g/mol. The number of hydrogen-bond acceptors (Lipinski definition) is 3. The van der Waals surface area contributed by atoms with E-state index >= 15 is 0 Å². The summed E-state index contributed by atoms with van der Waals surface area (Å²) < 4.78 is 15.0. The minimum atomic E-state index is -0.290. The van der Waals surface area contributed by atoms with Gasteiger partial charge in [-0.3, -0.25) is 9.67 Å². The summed E-state index contributed by atoms with van der Waals surface area (Å²) in [7, 11) is 1.90. The molecule has 2 rings (SSSR count). The predicted molar refractivity (Wildman–Crippen MR) is 72.1 cm³/mol. The van der Waals surface area contributed by atoms with Crippen molar-refractivity contribution in [3.05, 3.63) is 47.8 Å². The average Bonchev–Trinajstić information content (AvgIpc) is 2.80. The Labute approximate surface area is 112 Å². The van der Waals surface area contributed by atoms with Crippen LogP contribution >= 0.6 is 0 Å². The first-order chi connectivity index (χ1) is 9.19. The molecule has 0 fully saturated rings. The second kappa shape index (κ2) is 6.43. The van der Waals surface area contributed by atoms with E-state index < -0.39 is 0 Å². The predicted octanol–water partition coefficient (Wildman–Crippen LogP) is 2.24. The van der Waals surface area contributed by atoms with Crippen molar-refractivity contribution in [3.63, 3.8) is 0 Å². The highest BCUT2D eigenvalue weighted by Crippen LogP contribution is 2.19. The highest BCUT2D eigenvalue weighted by atomic mass is 19.1. The van der Waals surface area contributed by atoms with Crippen molar-refractivity contribution < 1.29 is 4.39 Å². The van der Waals surface area contributed by atoms with Gasteiger partial charge in [-0.15, -0.1) is 0 Å².